The third-order valence-electron chi connectivity index (χ3n) is 2.55. The first-order valence-corrected chi connectivity index (χ1v) is 6.96. The highest BCUT2D eigenvalue weighted by atomic mass is 35.5. The minimum Gasteiger partial charge on any atom is -0.482 e. The molecule has 0 atom stereocenters. The quantitative estimate of drug-likeness (QED) is 0.667. The first-order chi connectivity index (χ1) is 10.6. The fourth-order valence-corrected chi connectivity index (χ4v) is 1.98. The Kier molecular flexibility index (Phi) is 5.75. The van der Waals surface area contributed by atoms with E-state index in [2.05, 4.69) is 10.5 Å². The van der Waals surface area contributed by atoms with Crippen LogP contribution in [0.25, 0.3) is 0 Å². The Labute approximate surface area is 136 Å². The summed E-state index contributed by atoms with van der Waals surface area (Å²) in [5.74, 6) is -0.595. The minimum atomic E-state index is -0.501. The topological polar surface area (TPSA) is 50.7 Å². The second-order valence-electron chi connectivity index (χ2n) is 4.18. The van der Waals surface area contributed by atoms with Crippen LogP contribution in [0.4, 0.5) is 4.39 Å². The van der Waals surface area contributed by atoms with Crippen LogP contribution in [0.3, 0.4) is 0 Å². The Morgan fingerprint density at radius 2 is 2.05 bits per heavy atom. The summed E-state index contributed by atoms with van der Waals surface area (Å²) in [7, 11) is 0. The number of carbonyl (C=O) groups is 1. The van der Waals surface area contributed by atoms with Crippen LogP contribution in [0.15, 0.2) is 47.6 Å². The third kappa shape index (κ3) is 4.72. The smallest absolute Gasteiger partial charge is 0.277 e. The molecule has 0 aliphatic heterocycles. The molecule has 0 unspecified atom stereocenters. The van der Waals surface area contributed by atoms with Crippen molar-refractivity contribution in [2.45, 2.75) is 0 Å². The van der Waals surface area contributed by atoms with E-state index in [9.17, 15) is 9.18 Å². The zero-order chi connectivity index (χ0) is 15.9. The zero-order valence-electron chi connectivity index (χ0n) is 11.2. The Morgan fingerprint density at radius 3 is 2.77 bits per heavy atom. The molecule has 0 fully saturated rings. The van der Waals surface area contributed by atoms with Crippen LogP contribution in [0.5, 0.6) is 5.75 Å². The molecule has 0 saturated carbocycles. The molecule has 2 aromatic carbocycles. The minimum absolute atomic E-state index is 0.268. The van der Waals surface area contributed by atoms with Gasteiger partial charge in [-0.1, -0.05) is 41.4 Å². The van der Waals surface area contributed by atoms with Gasteiger partial charge in [-0.2, -0.15) is 5.10 Å². The predicted octanol–water partition coefficient (Wildman–Crippen LogP) is 3.66. The number of nitrogens with one attached hydrogen (secondary N) is 1. The van der Waals surface area contributed by atoms with Gasteiger partial charge in [0, 0.05) is 10.6 Å². The number of carbonyl (C=O) groups excluding carboxylic acids is 1. The van der Waals surface area contributed by atoms with Crippen LogP contribution < -0.4 is 10.2 Å². The second-order valence-corrected chi connectivity index (χ2v) is 5.02. The highest BCUT2D eigenvalue weighted by Crippen LogP contribution is 2.27. The molecule has 1 amide bonds. The normalized spacial score (nSPS) is 10.7. The van der Waals surface area contributed by atoms with Crippen LogP contribution in [-0.4, -0.2) is 18.7 Å². The van der Waals surface area contributed by atoms with E-state index in [4.69, 9.17) is 27.9 Å². The first kappa shape index (κ1) is 16.3. The van der Waals surface area contributed by atoms with Crippen molar-refractivity contribution in [1.82, 2.24) is 5.43 Å². The number of rotatable bonds is 5. The van der Waals surface area contributed by atoms with Crippen molar-refractivity contribution >= 4 is 35.3 Å². The molecule has 22 heavy (non-hydrogen) atoms. The standard InChI is InChI=1S/C15H11Cl2FN2O2/c16-11-5-6-14(12(17)7-11)22-9-15(21)20-19-8-10-3-1-2-4-13(10)18/h1-8H,9H2,(H,20,21). The van der Waals surface area contributed by atoms with Gasteiger partial charge >= 0.3 is 0 Å². The average molecular weight is 341 g/mol. The summed E-state index contributed by atoms with van der Waals surface area (Å²) in [6, 6.07) is 10.7. The monoisotopic (exact) mass is 340 g/mol. The Hall–Kier alpha value is -2.11. The third-order valence-corrected chi connectivity index (χ3v) is 3.08. The van der Waals surface area contributed by atoms with E-state index in [1.54, 1.807) is 24.3 Å². The molecule has 2 rings (SSSR count). The molecule has 0 aromatic heterocycles. The summed E-state index contributed by atoms with van der Waals surface area (Å²) >= 11 is 11.7. The maximum absolute atomic E-state index is 13.3. The number of nitrogens with zero attached hydrogens (tertiary/aromatic N) is 1. The lowest BCUT2D eigenvalue weighted by atomic mass is 10.2. The van der Waals surface area contributed by atoms with Gasteiger partial charge in [0.2, 0.25) is 0 Å². The molecule has 0 bridgehead atoms. The highest BCUT2D eigenvalue weighted by Gasteiger charge is 2.06. The summed E-state index contributed by atoms with van der Waals surface area (Å²) in [4.78, 5) is 11.6. The largest absolute Gasteiger partial charge is 0.482 e. The van der Waals surface area contributed by atoms with E-state index in [1.807, 2.05) is 0 Å². The SMILES string of the molecule is O=C(COc1ccc(Cl)cc1Cl)NN=Cc1ccccc1F. The zero-order valence-corrected chi connectivity index (χ0v) is 12.7. The molecule has 0 aliphatic carbocycles. The van der Waals surface area contributed by atoms with E-state index in [-0.39, 0.29) is 12.2 Å². The van der Waals surface area contributed by atoms with E-state index in [0.29, 0.717) is 15.8 Å². The summed E-state index contributed by atoms with van der Waals surface area (Å²) in [5.41, 5.74) is 2.50. The van der Waals surface area contributed by atoms with E-state index in [1.165, 1.54) is 24.4 Å². The lowest BCUT2D eigenvalue weighted by Gasteiger charge is -2.07. The van der Waals surface area contributed by atoms with Crippen molar-refractivity contribution in [2.75, 3.05) is 6.61 Å². The molecule has 4 nitrogen and oxygen atoms in total. The first-order valence-electron chi connectivity index (χ1n) is 6.20. The summed E-state index contributed by atoms with van der Waals surface area (Å²) in [6.07, 6.45) is 1.21. The Morgan fingerprint density at radius 1 is 1.27 bits per heavy atom. The van der Waals surface area contributed by atoms with E-state index in [0.717, 1.165) is 0 Å². The fourth-order valence-electron chi connectivity index (χ4n) is 1.52. The highest BCUT2D eigenvalue weighted by molar-refractivity contribution is 6.35. The van der Waals surface area contributed by atoms with Crippen molar-refractivity contribution in [2.24, 2.45) is 5.10 Å². The molecule has 2 aromatic rings. The van der Waals surface area contributed by atoms with Crippen LogP contribution in [0, 0.1) is 5.82 Å². The number of amides is 1. The summed E-state index contributed by atoms with van der Waals surface area (Å²) in [5, 5.41) is 4.42. The van der Waals surface area contributed by atoms with E-state index < -0.39 is 11.7 Å². The molecule has 0 radical (unpaired) electrons. The average Bonchev–Trinajstić information content (AvgIpc) is 2.48. The number of ether oxygens (including phenoxy) is 1. The number of hydrogen-bond acceptors (Lipinski definition) is 3. The van der Waals surface area contributed by atoms with Gasteiger partial charge in [-0.3, -0.25) is 4.79 Å². The number of hydrazone groups is 1. The number of hydrogen-bond donors (Lipinski definition) is 1. The van der Waals surface area contributed by atoms with Gasteiger partial charge in [0.1, 0.15) is 11.6 Å². The van der Waals surface area contributed by atoms with Crippen molar-refractivity contribution < 1.29 is 13.9 Å². The van der Waals surface area contributed by atoms with Crippen molar-refractivity contribution in [3.05, 3.63) is 63.9 Å². The number of halogens is 3. The van der Waals surface area contributed by atoms with Crippen molar-refractivity contribution in [3.63, 3.8) is 0 Å². The molecule has 114 valence electrons. The van der Waals surface area contributed by atoms with Gasteiger partial charge in [0.05, 0.1) is 11.2 Å². The van der Waals surface area contributed by atoms with Crippen LogP contribution >= 0.6 is 23.2 Å². The van der Waals surface area contributed by atoms with Crippen molar-refractivity contribution in [3.8, 4) is 5.75 Å². The fraction of sp³-hybridized carbons (Fsp3) is 0.0667. The van der Waals surface area contributed by atoms with Crippen LogP contribution in [0.2, 0.25) is 10.0 Å². The van der Waals surface area contributed by atoms with Crippen LogP contribution in [0.1, 0.15) is 5.56 Å². The van der Waals surface area contributed by atoms with Gasteiger partial charge in [0.15, 0.2) is 6.61 Å². The maximum Gasteiger partial charge on any atom is 0.277 e. The Bertz CT molecular complexity index is 708. The number of benzene rings is 2. The Balaban J connectivity index is 1.84. The molecular weight excluding hydrogens is 330 g/mol. The molecular formula is C15H11Cl2FN2O2. The van der Waals surface area contributed by atoms with Gasteiger partial charge in [0.25, 0.3) is 5.91 Å². The molecule has 0 heterocycles. The molecule has 0 spiro atoms. The second kappa shape index (κ2) is 7.77. The summed E-state index contributed by atoms with van der Waals surface area (Å²) < 4.78 is 18.5. The van der Waals surface area contributed by atoms with E-state index >= 15 is 0 Å². The van der Waals surface area contributed by atoms with Gasteiger partial charge in [-0.05, 0) is 24.3 Å². The molecule has 0 aliphatic rings. The van der Waals surface area contributed by atoms with Gasteiger partial charge in [-0.25, -0.2) is 9.82 Å². The molecule has 1 N–H and O–H groups in total. The lowest BCUT2D eigenvalue weighted by molar-refractivity contribution is -0.123. The predicted molar refractivity (Wildman–Crippen MR) is 84.1 cm³/mol. The van der Waals surface area contributed by atoms with Gasteiger partial charge in [-0.15, -0.1) is 0 Å². The maximum atomic E-state index is 13.3. The van der Waals surface area contributed by atoms with Gasteiger partial charge < -0.3 is 4.74 Å². The summed E-state index contributed by atoms with van der Waals surface area (Å²) in [6.45, 7) is -0.282. The molecule has 7 heteroatoms. The van der Waals surface area contributed by atoms with Crippen LogP contribution in [-0.2, 0) is 4.79 Å². The molecule has 0 saturated heterocycles. The lowest BCUT2D eigenvalue weighted by Crippen LogP contribution is -2.24. The van der Waals surface area contributed by atoms with Crippen molar-refractivity contribution in [1.29, 1.82) is 0 Å².